The molecule has 20 heavy (non-hydrogen) atoms. The summed E-state index contributed by atoms with van der Waals surface area (Å²) in [6.07, 6.45) is 2.49. The molecule has 1 fully saturated rings. The van der Waals surface area contributed by atoms with Crippen LogP contribution in [0.1, 0.15) is 28.8 Å². The van der Waals surface area contributed by atoms with Crippen molar-refractivity contribution in [1.82, 2.24) is 10.2 Å². The number of hydrogen-bond donors (Lipinski definition) is 2. The lowest BCUT2D eigenvalue weighted by Gasteiger charge is -2.20. The molecule has 0 aromatic heterocycles. The van der Waals surface area contributed by atoms with Crippen LogP contribution in [0.25, 0.3) is 0 Å². The first-order chi connectivity index (χ1) is 9.24. The number of hydrogen-bond acceptors (Lipinski definition) is 4. The molecule has 5 nitrogen and oxygen atoms in total. The van der Waals surface area contributed by atoms with E-state index >= 15 is 0 Å². The lowest BCUT2D eigenvalue weighted by atomic mass is 10.1. The van der Waals surface area contributed by atoms with E-state index in [1.54, 1.807) is 6.07 Å². The highest BCUT2D eigenvalue weighted by Gasteiger charge is 2.31. The van der Waals surface area contributed by atoms with Gasteiger partial charge >= 0.3 is 0 Å². The van der Waals surface area contributed by atoms with Gasteiger partial charge in [0, 0.05) is 18.7 Å². The average Bonchev–Trinajstić information content (AvgIpc) is 3.00. The van der Waals surface area contributed by atoms with Crippen molar-refractivity contribution in [3.8, 4) is 0 Å². The Labute approximate surface area is 135 Å². The van der Waals surface area contributed by atoms with Gasteiger partial charge in [0.05, 0.1) is 12.6 Å². The van der Waals surface area contributed by atoms with Gasteiger partial charge in [-0.15, -0.1) is 24.0 Å². The molecule has 108 valence electrons. The summed E-state index contributed by atoms with van der Waals surface area (Å²) in [6.45, 7) is 2.67. The van der Waals surface area contributed by atoms with Gasteiger partial charge in [0.15, 0.2) is 5.96 Å². The van der Waals surface area contributed by atoms with Gasteiger partial charge in [-0.1, -0.05) is 12.1 Å². The number of carbonyl (C=O) groups excluding carboxylic acids is 1. The fraction of sp³-hybridized carbons (Fsp3) is 0.429. The minimum absolute atomic E-state index is 0. The van der Waals surface area contributed by atoms with Gasteiger partial charge in [0.25, 0.3) is 0 Å². The van der Waals surface area contributed by atoms with Crippen molar-refractivity contribution in [2.75, 3.05) is 13.1 Å². The zero-order valence-corrected chi connectivity index (χ0v) is 13.5. The quantitative estimate of drug-likeness (QED) is 0.771. The number of halogens is 1. The SMILES string of the molecule is I.NC(=O)c1cccc(CNC2=NC[C@H]3CCCN23)c1. The van der Waals surface area contributed by atoms with Crippen molar-refractivity contribution in [2.24, 2.45) is 10.7 Å². The van der Waals surface area contributed by atoms with Gasteiger partial charge in [-0.25, -0.2) is 0 Å². The van der Waals surface area contributed by atoms with E-state index in [2.05, 4.69) is 15.2 Å². The van der Waals surface area contributed by atoms with Crippen LogP contribution in [0.5, 0.6) is 0 Å². The third kappa shape index (κ3) is 3.05. The highest BCUT2D eigenvalue weighted by atomic mass is 127. The van der Waals surface area contributed by atoms with Crippen LogP contribution in [-0.2, 0) is 6.54 Å². The maximum Gasteiger partial charge on any atom is 0.248 e. The number of benzene rings is 1. The van der Waals surface area contributed by atoms with Crippen LogP contribution >= 0.6 is 24.0 Å². The molecule has 1 aromatic rings. The van der Waals surface area contributed by atoms with E-state index in [9.17, 15) is 4.79 Å². The molecule has 0 saturated carbocycles. The molecule has 3 rings (SSSR count). The van der Waals surface area contributed by atoms with Crippen molar-refractivity contribution >= 4 is 35.8 Å². The molecule has 1 aromatic carbocycles. The Morgan fingerprint density at radius 1 is 1.50 bits per heavy atom. The maximum atomic E-state index is 11.1. The number of primary amides is 1. The number of nitrogens with two attached hydrogens (primary N) is 1. The number of nitrogens with one attached hydrogen (secondary N) is 1. The molecule has 0 bridgehead atoms. The van der Waals surface area contributed by atoms with E-state index in [0.717, 1.165) is 24.6 Å². The lowest BCUT2D eigenvalue weighted by molar-refractivity contribution is 0.1000. The maximum absolute atomic E-state index is 11.1. The Morgan fingerprint density at radius 3 is 3.15 bits per heavy atom. The number of rotatable bonds is 3. The van der Waals surface area contributed by atoms with E-state index < -0.39 is 0 Å². The van der Waals surface area contributed by atoms with E-state index in [1.165, 1.54) is 12.8 Å². The number of aliphatic imine (C=N–C) groups is 1. The van der Waals surface area contributed by atoms with Crippen molar-refractivity contribution in [3.05, 3.63) is 35.4 Å². The molecule has 2 heterocycles. The standard InChI is InChI=1S/C14H18N4O.HI/c15-13(19)11-4-1-3-10(7-11)8-16-14-17-9-12-5-2-6-18(12)14;/h1,3-4,7,12H,2,5-6,8-9H2,(H2,15,19)(H,16,17);1H/t12-;/m1./s1. The summed E-state index contributed by atoms with van der Waals surface area (Å²) >= 11 is 0. The zero-order valence-electron chi connectivity index (χ0n) is 11.2. The summed E-state index contributed by atoms with van der Waals surface area (Å²) in [6, 6.07) is 7.99. The fourth-order valence-electron chi connectivity index (χ4n) is 2.76. The molecule has 0 aliphatic carbocycles. The topological polar surface area (TPSA) is 70.7 Å². The summed E-state index contributed by atoms with van der Waals surface area (Å²) < 4.78 is 0. The van der Waals surface area contributed by atoms with Crippen molar-refractivity contribution in [2.45, 2.75) is 25.4 Å². The Bertz CT molecular complexity index is 532. The summed E-state index contributed by atoms with van der Waals surface area (Å²) in [7, 11) is 0. The highest BCUT2D eigenvalue weighted by molar-refractivity contribution is 14.0. The van der Waals surface area contributed by atoms with Crippen LogP contribution in [0.4, 0.5) is 0 Å². The Kier molecular flexibility index (Phi) is 4.85. The number of nitrogens with zero attached hydrogens (tertiary/aromatic N) is 2. The summed E-state index contributed by atoms with van der Waals surface area (Å²) in [5.41, 5.74) is 6.87. The Balaban J connectivity index is 0.00000147. The predicted molar refractivity (Wildman–Crippen MR) is 89.2 cm³/mol. The van der Waals surface area contributed by atoms with E-state index in [1.807, 2.05) is 18.2 Å². The van der Waals surface area contributed by atoms with Crippen molar-refractivity contribution in [3.63, 3.8) is 0 Å². The van der Waals surface area contributed by atoms with Gasteiger partial charge in [-0.2, -0.15) is 0 Å². The zero-order chi connectivity index (χ0) is 13.2. The molecule has 1 atom stereocenters. The van der Waals surface area contributed by atoms with Gasteiger partial charge in [0.2, 0.25) is 5.91 Å². The Morgan fingerprint density at radius 2 is 2.35 bits per heavy atom. The average molecular weight is 386 g/mol. The van der Waals surface area contributed by atoms with Crippen LogP contribution < -0.4 is 11.1 Å². The predicted octanol–water partition coefficient (Wildman–Crippen LogP) is 1.33. The summed E-state index contributed by atoms with van der Waals surface area (Å²) in [5, 5.41) is 3.36. The summed E-state index contributed by atoms with van der Waals surface area (Å²) in [5.74, 6) is 0.603. The fourth-order valence-corrected chi connectivity index (χ4v) is 2.76. The smallest absolute Gasteiger partial charge is 0.248 e. The summed E-state index contributed by atoms with van der Waals surface area (Å²) in [4.78, 5) is 18.0. The molecular formula is C14H19IN4O. The molecule has 0 radical (unpaired) electrons. The highest BCUT2D eigenvalue weighted by Crippen LogP contribution is 2.21. The van der Waals surface area contributed by atoms with Crippen molar-refractivity contribution in [1.29, 1.82) is 0 Å². The largest absolute Gasteiger partial charge is 0.366 e. The van der Waals surface area contributed by atoms with E-state index in [4.69, 9.17) is 5.73 Å². The van der Waals surface area contributed by atoms with Gasteiger partial charge in [0.1, 0.15) is 0 Å². The first-order valence-electron chi connectivity index (χ1n) is 6.68. The van der Waals surface area contributed by atoms with E-state index in [-0.39, 0.29) is 29.9 Å². The van der Waals surface area contributed by atoms with Crippen LogP contribution in [0, 0.1) is 0 Å². The van der Waals surface area contributed by atoms with Gasteiger partial charge in [-0.05, 0) is 30.5 Å². The number of amides is 1. The van der Waals surface area contributed by atoms with Crippen LogP contribution in [0.3, 0.4) is 0 Å². The van der Waals surface area contributed by atoms with Gasteiger partial charge in [-0.3, -0.25) is 9.79 Å². The second kappa shape index (κ2) is 6.43. The minimum Gasteiger partial charge on any atom is -0.366 e. The van der Waals surface area contributed by atoms with Crippen LogP contribution in [0.15, 0.2) is 29.3 Å². The third-order valence-corrected chi connectivity index (χ3v) is 3.76. The molecule has 6 heteroatoms. The number of guanidine groups is 1. The molecule has 1 amide bonds. The third-order valence-electron chi connectivity index (χ3n) is 3.76. The van der Waals surface area contributed by atoms with Crippen molar-refractivity contribution < 1.29 is 4.79 Å². The molecule has 2 aliphatic rings. The van der Waals surface area contributed by atoms with Crippen LogP contribution in [0.2, 0.25) is 0 Å². The van der Waals surface area contributed by atoms with Crippen LogP contribution in [-0.4, -0.2) is 35.9 Å². The first-order valence-corrected chi connectivity index (χ1v) is 6.68. The second-order valence-corrected chi connectivity index (χ2v) is 5.07. The molecule has 3 N–H and O–H groups in total. The Hall–Kier alpha value is -1.31. The number of carbonyl (C=O) groups is 1. The minimum atomic E-state index is -0.389. The second-order valence-electron chi connectivity index (χ2n) is 5.07. The molecule has 1 saturated heterocycles. The monoisotopic (exact) mass is 386 g/mol. The van der Waals surface area contributed by atoms with E-state index in [0.29, 0.717) is 18.2 Å². The first kappa shape index (κ1) is 15.1. The number of fused-ring (bicyclic) bond motifs is 1. The lowest BCUT2D eigenvalue weighted by Crippen LogP contribution is -2.39. The molecule has 0 unspecified atom stereocenters. The van der Waals surface area contributed by atoms with Gasteiger partial charge < -0.3 is 16.0 Å². The normalized spacial score (nSPS) is 20.1. The molecule has 2 aliphatic heterocycles. The molecular weight excluding hydrogens is 367 g/mol. The molecule has 0 spiro atoms.